The quantitative estimate of drug-likeness (QED) is 0.810. The Kier molecular flexibility index (Phi) is 6.56. The molecule has 0 fully saturated rings. The van der Waals surface area contributed by atoms with Crippen molar-refractivity contribution in [1.82, 2.24) is 9.62 Å². The highest BCUT2D eigenvalue weighted by molar-refractivity contribution is 7.89. The molecular formula is C20H26N2O3S. The monoisotopic (exact) mass is 374 g/mol. The number of hydrogen-bond acceptors (Lipinski definition) is 3. The minimum absolute atomic E-state index is 0.00578. The number of carbonyl (C=O) groups is 1. The average Bonchev–Trinajstić information content (AvgIpc) is 2.65. The maximum Gasteiger partial charge on any atom is 0.240 e. The molecule has 1 unspecified atom stereocenters. The summed E-state index contributed by atoms with van der Waals surface area (Å²) in [6, 6.07) is 14.8. The van der Waals surface area contributed by atoms with Gasteiger partial charge in [0.25, 0.3) is 0 Å². The van der Waals surface area contributed by atoms with Crippen LogP contribution in [-0.4, -0.2) is 33.3 Å². The Bertz CT molecular complexity index is 844. The standard InChI is InChI=1S/C20H26N2O3S/c1-15-5-10-18(11-6-15)16(2)22(4)20(23)14-9-17-7-12-19(13-8-17)26(24,25)21-3/h5-8,10-13,16,21H,9,14H2,1-4H3. The van der Waals surface area contributed by atoms with E-state index in [0.717, 1.165) is 11.1 Å². The molecule has 0 saturated heterocycles. The van der Waals surface area contributed by atoms with E-state index in [4.69, 9.17) is 0 Å². The minimum Gasteiger partial charge on any atom is -0.339 e. The topological polar surface area (TPSA) is 66.5 Å². The zero-order valence-corrected chi connectivity index (χ0v) is 16.5. The van der Waals surface area contributed by atoms with E-state index < -0.39 is 10.0 Å². The second-order valence-corrected chi connectivity index (χ2v) is 8.33. The summed E-state index contributed by atoms with van der Waals surface area (Å²) in [5.74, 6) is 0.0602. The Labute approximate surface area is 156 Å². The summed E-state index contributed by atoms with van der Waals surface area (Å²) in [4.78, 5) is 14.5. The van der Waals surface area contributed by atoms with Crippen molar-refractivity contribution in [3.8, 4) is 0 Å². The normalized spacial score (nSPS) is 12.6. The Hall–Kier alpha value is -2.18. The lowest BCUT2D eigenvalue weighted by Crippen LogP contribution is -2.29. The number of sulfonamides is 1. The van der Waals surface area contributed by atoms with Gasteiger partial charge >= 0.3 is 0 Å². The molecule has 1 amide bonds. The van der Waals surface area contributed by atoms with E-state index in [0.29, 0.717) is 12.8 Å². The maximum atomic E-state index is 12.5. The smallest absolute Gasteiger partial charge is 0.240 e. The van der Waals surface area contributed by atoms with Gasteiger partial charge in [0.1, 0.15) is 0 Å². The summed E-state index contributed by atoms with van der Waals surface area (Å²) < 4.78 is 25.7. The molecule has 0 aliphatic carbocycles. The molecular weight excluding hydrogens is 348 g/mol. The third-order valence-corrected chi connectivity index (χ3v) is 6.09. The molecule has 2 aromatic carbocycles. The lowest BCUT2D eigenvalue weighted by Gasteiger charge is -2.25. The third-order valence-electron chi connectivity index (χ3n) is 4.66. The number of rotatable bonds is 7. The van der Waals surface area contributed by atoms with Gasteiger partial charge in [0, 0.05) is 13.5 Å². The van der Waals surface area contributed by atoms with Gasteiger partial charge in [0.05, 0.1) is 10.9 Å². The Morgan fingerprint density at radius 1 is 1.08 bits per heavy atom. The fourth-order valence-electron chi connectivity index (χ4n) is 2.67. The number of aryl methyl sites for hydroxylation is 2. The molecule has 0 heterocycles. The molecule has 1 atom stereocenters. The lowest BCUT2D eigenvalue weighted by atomic mass is 10.0. The van der Waals surface area contributed by atoms with E-state index in [2.05, 4.69) is 4.72 Å². The summed E-state index contributed by atoms with van der Waals surface area (Å²) in [7, 11) is -0.233. The van der Waals surface area contributed by atoms with E-state index in [1.807, 2.05) is 45.2 Å². The van der Waals surface area contributed by atoms with Gasteiger partial charge in [-0.1, -0.05) is 42.0 Å². The van der Waals surface area contributed by atoms with Crippen molar-refractivity contribution in [1.29, 1.82) is 0 Å². The van der Waals surface area contributed by atoms with Gasteiger partial charge in [-0.2, -0.15) is 0 Å². The summed E-state index contributed by atoms with van der Waals surface area (Å²) in [6.07, 6.45) is 0.953. The van der Waals surface area contributed by atoms with Crippen LogP contribution in [0.3, 0.4) is 0 Å². The highest BCUT2D eigenvalue weighted by Crippen LogP contribution is 2.20. The molecule has 2 rings (SSSR count). The predicted molar refractivity (Wildman–Crippen MR) is 103 cm³/mol. The first-order chi connectivity index (χ1) is 12.2. The zero-order chi connectivity index (χ0) is 19.3. The number of nitrogens with one attached hydrogen (secondary N) is 1. The van der Waals surface area contributed by atoms with Crippen molar-refractivity contribution in [2.24, 2.45) is 0 Å². The van der Waals surface area contributed by atoms with Gasteiger partial charge in [-0.05, 0) is 50.6 Å². The van der Waals surface area contributed by atoms with Crippen molar-refractivity contribution in [2.75, 3.05) is 14.1 Å². The second kappa shape index (κ2) is 8.47. The molecule has 2 aromatic rings. The number of benzene rings is 2. The summed E-state index contributed by atoms with van der Waals surface area (Å²) in [6.45, 7) is 4.05. The molecule has 1 N–H and O–H groups in total. The van der Waals surface area contributed by atoms with Crippen molar-refractivity contribution in [3.63, 3.8) is 0 Å². The number of carbonyl (C=O) groups excluding carboxylic acids is 1. The zero-order valence-electron chi connectivity index (χ0n) is 15.7. The Morgan fingerprint density at radius 2 is 1.65 bits per heavy atom. The predicted octanol–water partition coefficient (Wildman–Crippen LogP) is 3.06. The number of hydrogen-bond donors (Lipinski definition) is 1. The van der Waals surface area contributed by atoms with Crippen LogP contribution in [0, 0.1) is 6.92 Å². The van der Waals surface area contributed by atoms with E-state index in [-0.39, 0.29) is 16.8 Å². The molecule has 6 heteroatoms. The lowest BCUT2D eigenvalue weighted by molar-refractivity contribution is -0.131. The number of nitrogens with zero attached hydrogens (tertiary/aromatic N) is 1. The first-order valence-electron chi connectivity index (χ1n) is 8.59. The Balaban J connectivity index is 1.96. The summed E-state index contributed by atoms with van der Waals surface area (Å²) >= 11 is 0. The van der Waals surface area contributed by atoms with Crippen LogP contribution in [0.25, 0.3) is 0 Å². The molecule has 0 radical (unpaired) electrons. The van der Waals surface area contributed by atoms with Crippen LogP contribution in [0.1, 0.15) is 36.1 Å². The second-order valence-electron chi connectivity index (χ2n) is 6.44. The highest BCUT2D eigenvalue weighted by atomic mass is 32.2. The van der Waals surface area contributed by atoms with Crippen LogP contribution in [-0.2, 0) is 21.2 Å². The van der Waals surface area contributed by atoms with Gasteiger partial charge in [0.15, 0.2) is 0 Å². The van der Waals surface area contributed by atoms with Crippen molar-refractivity contribution >= 4 is 15.9 Å². The van der Waals surface area contributed by atoms with E-state index in [1.54, 1.807) is 29.2 Å². The van der Waals surface area contributed by atoms with Crippen LogP contribution < -0.4 is 4.72 Å². The van der Waals surface area contributed by atoms with E-state index >= 15 is 0 Å². The van der Waals surface area contributed by atoms with Gasteiger partial charge < -0.3 is 4.90 Å². The van der Waals surface area contributed by atoms with E-state index in [9.17, 15) is 13.2 Å². The van der Waals surface area contributed by atoms with Crippen LogP contribution >= 0.6 is 0 Å². The van der Waals surface area contributed by atoms with Gasteiger partial charge in [-0.15, -0.1) is 0 Å². The fourth-order valence-corrected chi connectivity index (χ4v) is 3.40. The molecule has 26 heavy (non-hydrogen) atoms. The molecule has 0 bridgehead atoms. The highest BCUT2D eigenvalue weighted by Gasteiger charge is 2.17. The molecule has 0 aliphatic heterocycles. The van der Waals surface area contributed by atoms with E-state index in [1.165, 1.54) is 12.6 Å². The average molecular weight is 375 g/mol. The number of amides is 1. The third kappa shape index (κ3) is 4.93. The summed E-state index contributed by atoms with van der Waals surface area (Å²) in [5.41, 5.74) is 3.23. The van der Waals surface area contributed by atoms with Crippen LogP contribution in [0.2, 0.25) is 0 Å². The molecule has 0 aromatic heterocycles. The minimum atomic E-state index is -3.43. The molecule has 140 valence electrons. The van der Waals surface area contributed by atoms with Crippen molar-refractivity contribution in [3.05, 3.63) is 65.2 Å². The fraction of sp³-hybridized carbons (Fsp3) is 0.350. The molecule has 0 aliphatic rings. The van der Waals surface area contributed by atoms with Crippen molar-refractivity contribution in [2.45, 2.75) is 37.6 Å². The van der Waals surface area contributed by atoms with Crippen LogP contribution in [0.4, 0.5) is 0 Å². The van der Waals surface area contributed by atoms with Gasteiger partial charge in [0.2, 0.25) is 15.9 Å². The van der Waals surface area contributed by atoms with Gasteiger partial charge in [-0.3, -0.25) is 4.79 Å². The molecule has 0 saturated carbocycles. The maximum absolute atomic E-state index is 12.5. The molecule has 0 spiro atoms. The largest absolute Gasteiger partial charge is 0.339 e. The van der Waals surface area contributed by atoms with Crippen LogP contribution in [0.5, 0.6) is 0 Å². The first-order valence-corrected chi connectivity index (χ1v) is 10.1. The SMILES string of the molecule is CNS(=O)(=O)c1ccc(CCC(=O)N(C)C(C)c2ccc(C)cc2)cc1. The van der Waals surface area contributed by atoms with Crippen molar-refractivity contribution < 1.29 is 13.2 Å². The Morgan fingerprint density at radius 3 is 2.19 bits per heavy atom. The summed E-state index contributed by atoms with van der Waals surface area (Å²) in [5, 5.41) is 0. The van der Waals surface area contributed by atoms with Crippen LogP contribution in [0.15, 0.2) is 53.4 Å². The molecule has 5 nitrogen and oxygen atoms in total. The first kappa shape index (κ1) is 20.1. The van der Waals surface area contributed by atoms with Gasteiger partial charge in [-0.25, -0.2) is 13.1 Å².